The maximum atomic E-state index is 13.5. The Labute approximate surface area is 204 Å². The number of ketones is 1. The number of Topliss-reactive ketones (excluding diaryl/α,β-unsaturated/α-hetero) is 1. The third-order valence-electron chi connectivity index (χ3n) is 8.21. The summed E-state index contributed by atoms with van der Waals surface area (Å²) >= 11 is 0. The maximum Gasteiger partial charge on any atom is 0.321 e. The van der Waals surface area contributed by atoms with Crippen LogP contribution in [-0.2, 0) is 20.2 Å². The van der Waals surface area contributed by atoms with E-state index in [0.717, 1.165) is 32.2 Å². The predicted octanol–water partition coefficient (Wildman–Crippen LogP) is 3.30. The van der Waals surface area contributed by atoms with Crippen LogP contribution in [0, 0.1) is 5.92 Å². The summed E-state index contributed by atoms with van der Waals surface area (Å²) in [5.41, 5.74) is 1.06. The highest BCUT2D eigenvalue weighted by molar-refractivity contribution is 7.90. The Balaban J connectivity index is 1.48. The molecular weight excluding hydrogens is 450 g/mol. The lowest BCUT2D eigenvalue weighted by Gasteiger charge is -2.51. The number of carbonyl (C=O) groups is 2. The van der Waals surface area contributed by atoms with E-state index in [4.69, 9.17) is 0 Å². The van der Waals surface area contributed by atoms with E-state index in [1.54, 1.807) is 4.90 Å². The molecule has 1 heterocycles. The van der Waals surface area contributed by atoms with Crippen LogP contribution in [0.25, 0.3) is 0 Å². The number of nitrogens with zero attached hydrogens (tertiary/aromatic N) is 3. The number of carbonyl (C=O) groups excluding carboxylic acids is 2. The van der Waals surface area contributed by atoms with Gasteiger partial charge >= 0.3 is 6.03 Å². The summed E-state index contributed by atoms with van der Waals surface area (Å²) in [6.45, 7) is 1.47. The summed E-state index contributed by atoms with van der Waals surface area (Å²) in [6.07, 6.45) is 7.82. The molecule has 2 saturated carbocycles. The van der Waals surface area contributed by atoms with Gasteiger partial charge in [-0.15, -0.1) is 0 Å². The Bertz CT molecular complexity index is 996. The molecule has 7 nitrogen and oxygen atoms in total. The average Bonchev–Trinajstić information content (AvgIpc) is 3.57. The lowest BCUT2D eigenvalue weighted by molar-refractivity contribution is -0.119. The molecule has 8 heteroatoms. The number of hydrogen-bond donors (Lipinski definition) is 0. The number of hydrogen-bond acceptors (Lipinski definition) is 5. The van der Waals surface area contributed by atoms with Crippen molar-refractivity contribution < 1.29 is 18.0 Å². The van der Waals surface area contributed by atoms with E-state index in [-0.39, 0.29) is 41.6 Å². The molecule has 4 rings (SSSR count). The zero-order valence-corrected chi connectivity index (χ0v) is 21.6. The van der Waals surface area contributed by atoms with Crippen molar-refractivity contribution in [2.24, 2.45) is 5.92 Å². The quantitative estimate of drug-likeness (QED) is 0.504. The van der Waals surface area contributed by atoms with Gasteiger partial charge in [0.05, 0.1) is 17.8 Å². The van der Waals surface area contributed by atoms with E-state index in [1.165, 1.54) is 24.7 Å². The Morgan fingerprint density at radius 3 is 2.29 bits per heavy atom. The Kier molecular flexibility index (Phi) is 7.11. The van der Waals surface area contributed by atoms with E-state index in [0.29, 0.717) is 18.9 Å². The molecule has 0 aromatic heterocycles. The molecule has 0 radical (unpaired) electrons. The van der Waals surface area contributed by atoms with Gasteiger partial charge in [-0.2, -0.15) is 0 Å². The van der Waals surface area contributed by atoms with Crippen LogP contribution >= 0.6 is 0 Å². The van der Waals surface area contributed by atoms with Gasteiger partial charge in [0.2, 0.25) is 0 Å². The molecule has 1 spiro atoms. The lowest BCUT2D eigenvalue weighted by atomic mass is 9.68. The second kappa shape index (κ2) is 9.61. The molecule has 0 N–H and O–H groups in total. The topological polar surface area (TPSA) is 78.0 Å². The third kappa shape index (κ3) is 5.33. The smallest absolute Gasteiger partial charge is 0.317 e. The molecule has 3 fully saturated rings. The van der Waals surface area contributed by atoms with E-state index < -0.39 is 9.84 Å². The zero-order valence-electron chi connectivity index (χ0n) is 20.8. The standard InChI is InChI=1S/C26H39N3O4S/c1-27(2)26(22-8-5-4-6-9-22)15-13-25(14-16-26)20-28(24(31)29(25)18-21-11-12-21)19-23(30)10-7-17-34(3,32)33/h4-6,8-9,21H,7,10-20H2,1-3H3. The number of rotatable bonds is 10. The third-order valence-corrected chi connectivity index (χ3v) is 9.24. The Morgan fingerprint density at radius 1 is 1.09 bits per heavy atom. The van der Waals surface area contributed by atoms with Crippen LogP contribution in [0.15, 0.2) is 30.3 Å². The molecule has 1 saturated heterocycles. The Morgan fingerprint density at radius 2 is 1.74 bits per heavy atom. The molecule has 34 heavy (non-hydrogen) atoms. The van der Waals surface area contributed by atoms with Crippen LogP contribution in [-0.4, -0.2) is 86.2 Å². The molecular formula is C26H39N3O4S. The van der Waals surface area contributed by atoms with Crippen molar-refractivity contribution in [1.29, 1.82) is 0 Å². The first kappa shape index (κ1) is 25.2. The molecule has 0 atom stereocenters. The molecule has 1 aliphatic heterocycles. The number of sulfone groups is 1. The van der Waals surface area contributed by atoms with E-state index >= 15 is 0 Å². The average molecular weight is 490 g/mol. The molecule has 1 aromatic rings. The van der Waals surface area contributed by atoms with Gasteiger partial charge in [-0.25, -0.2) is 13.2 Å². The van der Waals surface area contributed by atoms with Crippen molar-refractivity contribution in [2.75, 3.05) is 45.7 Å². The molecule has 0 unspecified atom stereocenters. The van der Waals surface area contributed by atoms with Crippen molar-refractivity contribution in [3.05, 3.63) is 35.9 Å². The highest BCUT2D eigenvalue weighted by Crippen LogP contribution is 2.49. The zero-order chi connectivity index (χ0) is 24.6. The van der Waals surface area contributed by atoms with Gasteiger partial charge in [0, 0.05) is 31.3 Å². The second-order valence-electron chi connectivity index (χ2n) is 11.0. The van der Waals surface area contributed by atoms with Gasteiger partial charge in [0.1, 0.15) is 9.84 Å². The second-order valence-corrected chi connectivity index (χ2v) is 13.2. The molecule has 1 aromatic carbocycles. The Hall–Kier alpha value is -1.93. The minimum atomic E-state index is -3.08. The minimum absolute atomic E-state index is 0.0104. The van der Waals surface area contributed by atoms with E-state index in [2.05, 4.69) is 54.2 Å². The first-order valence-electron chi connectivity index (χ1n) is 12.5. The molecule has 2 amide bonds. The van der Waals surface area contributed by atoms with Gasteiger partial charge in [0.25, 0.3) is 0 Å². The lowest BCUT2D eigenvalue weighted by Crippen LogP contribution is -2.55. The van der Waals surface area contributed by atoms with Crippen molar-refractivity contribution in [2.45, 2.75) is 62.4 Å². The van der Waals surface area contributed by atoms with Gasteiger partial charge in [-0.1, -0.05) is 30.3 Å². The van der Waals surface area contributed by atoms with Gasteiger partial charge in [0.15, 0.2) is 5.78 Å². The summed E-state index contributed by atoms with van der Waals surface area (Å²) < 4.78 is 22.8. The molecule has 0 bridgehead atoms. The maximum absolute atomic E-state index is 13.5. The minimum Gasteiger partial charge on any atom is -0.317 e. The summed E-state index contributed by atoms with van der Waals surface area (Å²) in [4.78, 5) is 32.2. The number of amides is 2. The van der Waals surface area contributed by atoms with Gasteiger partial charge < -0.3 is 9.80 Å². The fraction of sp³-hybridized carbons (Fsp3) is 0.692. The fourth-order valence-electron chi connectivity index (χ4n) is 5.96. The summed E-state index contributed by atoms with van der Waals surface area (Å²) in [5.74, 6) is 0.542. The monoisotopic (exact) mass is 489 g/mol. The highest BCUT2D eigenvalue weighted by atomic mass is 32.2. The number of urea groups is 1. The van der Waals surface area contributed by atoms with Crippen molar-refractivity contribution in [3.63, 3.8) is 0 Å². The SMILES string of the molecule is CN(C)C1(c2ccccc2)CCC2(CC1)CN(CC(=O)CCCS(C)(=O)=O)C(=O)N2CC1CC1. The normalized spacial score (nSPS) is 27.7. The first-order valence-corrected chi connectivity index (χ1v) is 14.6. The molecule has 3 aliphatic rings. The van der Waals surface area contributed by atoms with Gasteiger partial charge in [-0.3, -0.25) is 9.69 Å². The van der Waals surface area contributed by atoms with Crippen molar-refractivity contribution in [1.82, 2.24) is 14.7 Å². The summed E-state index contributed by atoms with van der Waals surface area (Å²) in [6, 6.07) is 10.7. The number of benzene rings is 1. The van der Waals surface area contributed by atoms with E-state index in [9.17, 15) is 18.0 Å². The van der Waals surface area contributed by atoms with Crippen molar-refractivity contribution in [3.8, 4) is 0 Å². The summed E-state index contributed by atoms with van der Waals surface area (Å²) in [5, 5.41) is 0. The van der Waals surface area contributed by atoms with Crippen LogP contribution in [0.2, 0.25) is 0 Å². The predicted molar refractivity (Wildman–Crippen MR) is 133 cm³/mol. The van der Waals surface area contributed by atoms with Crippen LogP contribution < -0.4 is 0 Å². The van der Waals surface area contributed by atoms with Crippen molar-refractivity contribution >= 4 is 21.7 Å². The first-order chi connectivity index (χ1) is 16.0. The van der Waals surface area contributed by atoms with E-state index in [1.807, 2.05) is 0 Å². The fourth-order valence-corrected chi connectivity index (χ4v) is 6.63. The highest BCUT2D eigenvalue weighted by Gasteiger charge is 2.55. The van der Waals surface area contributed by atoms with Crippen LogP contribution in [0.4, 0.5) is 4.79 Å². The van der Waals surface area contributed by atoms with Crippen LogP contribution in [0.5, 0.6) is 0 Å². The molecule has 2 aliphatic carbocycles. The largest absolute Gasteiger partial charge is 0.321 e. The summed E-state index contributed by atoms with van der Waals surface area (Å²) in [7, 11) is 1.21. The molecule has 188 valence electrons. The van der Waals surface area contributed by atoms with Gasteiger partial charge in [-0.05, 0) is 70.5 Å². The van der Waals surface area contributed by atoms with Crippen LogP contribution in [0.3, 0.4) is 0 Å². The van der Waals surface area contributed by atoms with Crippen LogP contribution in [0.1, 0.15) is 56.9 Å².